The molecule has 0 atom stereocenters. The van der Waals surface area contributed by atoms with E-state index < -0.39 is 0 Å². The van der Waals surface area contributed by atoms with Gasteiger partial charge in [-0.1, -0.05) is 62.4 Å². The molecule has 3 aromatic carbocycles. The highest BCUT2D eigenvalue weighted by molar-refractivity contribution is 5.88. The zero-order valence-electron chi connectivity index (χ0n) is 17.9. The van der Waals surface area contributed by atoms with E-state index in [1.54, 1.807) is 0 Å². The van der Waals surface area contributed by atoms with Gasteiger partial charge in [0.1, 0.15) is 0 Å². The van der Waals surface area contributed by atoms with E-state index in [1.807, 2.05) is 0 Å². The summed E-state index contributed by atoms with van der Waals surface area (Å²) in [6.45, 7) is 11.2. The van der Waals surface area contributed by atoms with Crippen LogP contribution in [0.25, 0.3) is 10.8 Å². The van der Waals surface area contributed by atoms with Gasteiger partial charge in [0.15, 0.2) is 0 Å². The number of benzene rings is 3. The summed E-state index contributed by atoms with van der Waals surface area (Å²) in [5.41, 5.74) is 5.61. The van der Waals surface area contributed by atoms with Gasteiger partial charge in [-0.3, -0.25) is 0 Å². The molecule has 2 nitrogen and oxygen atoms in total. The number of anilines is 1. The Kier molecular flexibility index (Phi) is 7.11. The minimum atomic E-state index is 1.11. The molecule has 1 fully saturated rings. The molecule has 0 N–H and O–H groups in total. The lowest BCUT2D eigenvalue weighted by Crippen LogP contribution is -2.44. The van der Waals surface area contributed by atoms with Crippen LogP contribution in [-0.4, -0.2) is 38.1 Å². The van der Waals surface area contributed by atoms with E-state index in [-0.39, 0.29) is 0 Å². The van der Waals surface area contributed by atoms with Crippen molar-refractivity contribution in [2.75, 3.05) is 38.1 Å². The van der Waals surface area contributed by atoms with E-state index in [9.17, 15) is 0 Å². The number of rotatable bonds is 3. The maximum atomic E-state index is 2.47. The van der Waals surface area contributed by atoms with Gasteiger partial charge in [-0.2, -0.15) is 0 Å². The SMILES string of the molecule is CCc1ccc(N2CCN(C)CC2)cc1.CCc1cccc2c(C)cccc12. The van der Waals surface area contributed by atoms with E-state index in [1.165, 1.54) is 46.2 Å². The number of fused-ring (bicyclic) bond motifs is 1. The van der Waals surface area contributed by atoms with Crippen LogP contribution in [0.5, 0.6) is 0 Å². The van der Waals surface area contributed by atoms with Gasteiger partial charge in [0, 0.05) is 31.9 Å². The van der Waals surface area contributed by atoms with Crippen molar-refractivity contribution in [1.82, 2.24) is 4.90 Å². The van der Waals surface area contributed by atoms with Crippen molar-refractivity contribution in [3.05, 3.63) is 77.4 Å². The number of hydrogen-bond acceptors (Lipinski definition) is 2. The summed E-state index contributed by atoms with van der Waals surface area (Å²) in [7, 11) is 2.19. The molecule has 1 heterocycles. The normalized spacial score (nSPS) is 14.6. The van der Waals surface area contributed by atoms with Crippen LogP contribution in [0.3, 0.4) is 0 Å². The summed E-state index contributed by atoms with van der Waals surface area (Å²) in [5, 5.41) is 2.80. The van der Waals surface area contributed by atoms with Gasteiger partial charge in [0.25, 0.3) is 0 Å². The largest absolute Gasteiger partial charge is 0.369 e. The predicted molar refractivity (Wildman–Crippen MR) is 124 cm³/mol. The van der Waals surface area contributed by atoms with E-state index in [0.29, 0.717) is 0 Å². The van der Waals surface area contributed by atoms with Crippen molar-refractivity contribution >= 4 is 16.5 Å². The maximum absolute atomic E-state index is 2.47. The zero-order chi connectivity index (χ0) is 19.9. The lowest BCUT2D eigenvalue weighted by Gasteiger charge is -2.34. The van der Waals surface area contributed by atoms with Crippen LogP contribution in [0.15, 0.2) is 60.7 Å². The van der Waals surface area contributed by atoms with Crippen LogP contribution in [0.2, 0.25) is 0 Å². The van der Waals surface area contributed by atoms with Crippen LogP contribution in [0.1, 0.15) is 30.5 Å². The average molecular weight is 375 g/mol. The molecule has 0 spiro atoms. The molecule has 1 aliphatic heterocycles. The van der Waals surface area contributed by atoms with Crippen molar-refractivity contribution in [2.45, 2.75) is 33.6 Å². The average Bonchev–Trinajstić information content (AvgIpc) is 2.75. The first-order valence-electron chi connectivity index (χ1n) is 10.6. The second-order valence-corrected chi connectivity index (χ2v) is 7.75. The van der Waals surface area contributed by atoms with Gasteiger partial charge >= 0.3 is 0 Å². The summed E-state index contributed by atoms with van der Waals surface area (Å²) in [6.07, 6.45) is 2.24. The molecule has 0 aromatic heterocycles. The Morgan fingerprint density at radius 3 is 2.00 bits per heavy atom. The molecule has 28 heavy (non-hydrogen) atoms. The second kappa shape index (κ2) is 9.75. The van der Waals surface area contributed by atoms with Gasteiger partial charge in [0.2, 0.25) is 0 Å². The lowest BCUT2D eigenvalue weighted by atomic mass is 10.00. The Morgan fingerprint density at radius 1 is 0.714 bits per heavy atom. The highest BCUT2D eigenvalue weighted by atomic mass is 15.2. The predicted octanol–water partition coefficient (Wildman–Crippen LogP) is 5.71. The summed E-state index contributed by atoms with van der Waals surface area (Å²) < 4.78 is 0. The third kappa shape index (κ3) is 4.94. The Labute approximate surface area is 170 Å². The topological polar surface area (TPSA) is 6.48 Å². The molecule has 1 saturated heterocycles. The molecule has 4 rings (SSSR count). The molecule has 148 valence electrons. The van der Waals surface area contributed by atoms with Gasteiger partial charge < -0.3 is 9.80 Å². The van der Waals surface area contributed by atoms with Gasteiger partial charge in [0.05, 0.1) is 0 Å². The van der Waals surface area contributed by atoms with Crippen LogP contribution in [0, 0.1) is 6.92 Å². The highest BCUT2D eigenvalue weighted by Crippen LogP contribution is 2.22. The molecular formula is C26H34N2. The monoisotopic (exact) mass is 374 g/mol. The van der Waals surface area contributed by atoms with Crippen LogP contribution < -0.4 is 4.90 Å². The van der Waals surface area contributed by atoms with Crippen LogP contribution in [-0.2, 0) is 12.8 Å². The molecule has 2 heteroatoms. The molecule has 0 aliphatic carbocycles. The third-order valence-corrected chi connectivity index (χ3v) is 5.82. The molecular weight excluding hydrogens is 340 g/mol. The molecule has 0 bridgehead atoms. The fourth-order valence-electron chi connectivity index (χ4n) is 3.85. The number of nitrogens with zero attached hydrogens (tertiary/aromatic N) is 2. The van der Waals surface area contributed by atoms with Crippen molar-refractivity contribution in [3.63, 3.8) is 0 Å². The summed E-state index contributed by atoms with van der Waals surface area (Å²) >= 11 is 0. The second-order valence-electron chi connectivity index (χ2n) is 7.75. The first-order valence-corrected chi connectivity index (χ1v) is 10.6. The third-order valence-electron chi connectivity index (χ3n) is 5.82. The summed E-state index contributed by atoms with van der Waals surface area (Å²) in [6, 6.07) is 22.1. The van der Waals surface area contributed by atoms with Gasteiger partial charge in [-0.05, 0) is 66.4 Å². The zero-order valence-corrected chi connectivity index (χ0v) is 17.9. The van der Waals surface area contributed by atoms with Crippen molar-refractivity contribution in [3.8, 4) is 0 Å². The first kappa shape index (κ1) is 20.4. The minimum Gasteiger partial charge on any atom is -0.369 e. The molecule has 3 aromatic rings. The number of likely N-dealkylation sites (N-methyl/N-ethyl adjacent to an activating group) is 1. The Bertz CT molecular complexity index is 875. The summed E-state index contributed by atoms with van der Waals surface area (Å²) in [5.74, 6) is 0. The standard InChI is InChI=1S/C13H20N2.C13H14/c1-3-12-4-6-13(7-5-12)15-10-8-14(2)9-11-15;1-3-11-7-5-8-12-10(2)6-4-9-13(11)12/h4-7H,3,8-11H2,1-2H3;4-9H,3H2,1-2H3. The van der Waals surface area contributed by atoms with Crippen molar-refractivity contribution in [1.29, 1.82) is 0 Å². The Morgan fingerprint density at radius 2 is 1.36 bits per heavy atom. The van der Waals surface area contributed by atoms with E-state index in [0.717, 1.165) is 25.9 Å². The molecule has 1 aliphatic rings. The fourth-order valence-corrected chi connectivity index (χ4v) is 3.85. The number of aryl methyl sites for hydroxylation is 3. The number of piperazine rings is 1. The quantitative estimate of drug-likeness (QED) is 0.579. The summed E-state index contributed by atoms with van der Waals surface area (Å²) in [4.78, 5) is 4.86. The molecule has 0 radical (unpaired) electrons. The van der Waals surface area contributed by atoms with Crippen molar-refractivity contribution in [2.24, 2.45) is 0 Å². The molecule has 0 unspecified atom stereocenters. The van der Waals surface area contributed by atoms with Crippen LogP contribution in [0.4, 0.5) is 5.69 Å². The van der Waals surface area contributed by atoms with Crippen molar-refractivity contribution < 1.29 is 0 Å². The maximum Gasteiger partial charge on any atom is 0.0367 e. The van der Waals surface area contributed by atoms with Gasteiger partial charge in [-0.15, -0.1) is 0 Å². The Hall–Kier alpha value is -2.32. The minimum absolute atomic E-state index is 1.11. The molecule has 0 saturated carbocycles. The van der Waals surface area contributed by atoms with E-state index >= 15 is 0 Å². The number of hydrogen-bond donors (Lipinski definition) is 0. The fraction of sp³-hybridized carbons (Fsp3) is 0.385. The van der Waals surface area contributed by atoms with E-state index in [2.05, 4.69) is 98.3 Å². The smallest absolute Gasteiger partial charge is 0.0367 e. The van der Waals surface area contributed by atoms with Crippen LogP contribution >= 0.6 is 0 Å². The van der Waals surface area contributed by atoms with E-state index in [4.69, 9.17) is 0 Å². The molecule has 0 amide bonds. The Balaban J connectivity index is 0.000000162. The highest BCUT2D eigenvalue weighted by Gasteiger charge is 2.13. The van der Waals surface area contributed by atoms with Gasteiger partial charge in [-0.25, -0.2) is 0 Å². The lowest BCUT2D eigenvalue weighted by molar-refractivity contribution is 0.313. The first-order chi connectivity index (χ1) is 13.6.